The Bertz CT molecular complexity index is 567. The standard InChI is InChI=1S/C17H20N2O2/c1-2-13-18(16-6-4-3-5-7-16)14-12-15-8-10-17(11-9-15)19(20)21/h3-11H,2,12-14H2,1H3. The van der Waals surface area contributed by atoms with Crippen LogP contribution in [0, 0.1) is 10.1 Å². The van der Waals surface area contributed by atoms with E-state index < -0.39 is 0 Å². The molecule has 2 aromatic carbocycles. The van der Waals surface area contributed by atoms with Crippen molar-refractivity contribution in [3.05, 3.63) is 70.3 Å². The molecule has 2 aromatic rings. The lowest BCUT2D eigenvalue weighted by atomic mass is 10.1. The molecule has 0 saturated carbocycles. The van der Waals surface area contributed by atoms with Crippen molar-refractivity contribution in [2.75, 3.05) is 18.0 Å². The predicted molar refractivity (Wildman–Crippen MR) is 85.7 cm³/mol. The summed E-state index contributed by atoms with van der Waals surface area (Å²) < 4.78 is 0. The largest absolute Gasteiger partial charge is 0.371 e. The molecule has 0 aromatic heterocycles. The number of anilines is 1. The average Bonchev–Trinajstić information content (AvgIpc) is 2.52. The topological polar surface area (TPSA) is 46.4 Å². The van der Waals surface area contributed by atoms with Gasteiger partial charge in [0.05, 0.1) is 4.92 Å². The molecular formula is C17H20N2O2. The van der Waals surface area contributed by atoms with E-state index in [9.17, 15) is 10.1 Å². The summed E-state index contributed by atoms with van der Waals surface area (Å²) in [6, 6.07) is 17.2. The molecule has 2 rings (SSSR count). The Morgan fingerprint density at radius 2 is 1.67 bits per heavy atom. The van der Waals surface area contributed by atoms with Crippen molar-refractivity contribution in [3.8, 4) is 0 Å². The number of hydrogen-bond acceptors (Lipinski definition) is 3. The van der Waals surface area contributed by atoms with Gasteiger partial charge in [0.25, 0.3) is 5.69 Å². The fourth-order valence-electron chi connectivity index (χ4n) is 2.33. The van der Waals surface area contributed by atoms with Crippen molar-refractivity contribution in [1.29, 1.82) is 0 Å². The maximum absolute atomic E-state index is 10.6. The Morgan fingerprint density at radius 1 is 1.00 bits per heavy atom. The van der Waals surface area contributed by atoms with Crippen LogP contribution in [0.3, 0.4) is 0 Å². The van der Waals surface area contributed by atoms with E-state index >= 15 is 0 Å². The van der Waals surface area contributed by atoms with Gasteiger partial charge in [-0.15, -0.1) is 0 Å². The summed E-state index contributed by atoms with van der Waals surface area (Å²) in [6.45, 7) is 4.09. The van der Waals surface area contributed by atoms with Crippen LogP contribution in [0.15, 0.2) is 54.6 Å². The summed E-state index contributed by atoms with van der Waals surface area (Å²) in [4.78, 5) is 12.6. The normalized spacial score (nSPS) is 10.3. The van der Waals surface area contributed by atoms with Crippen molar-refractivity contribution < 1.29 is 4.92 Å². The molecule has 0 aliphatic carbocycles. The quantitative estimate of drug-likeness (QED) is 0.569. The summed E-state index contributed by atoms with van der Waals surface area (Å²) >= 11 is 0. The van der Waals surface area contributed by atoms with Crippen LogP contribution in [0.1, 0.15) is 18.9 Å². The predicted octanol–water partition coefficient (Wildman–Crippen LogP) is 4.05. The number of para-hydroxylation sites is 1. The first-order valence-electron chi connectivity index (χ1n) is 7.24. The molecule has 4 nitrogen and oxygen atoms in total. The monoisotopic (exact) mass is 284 g/mol. The van der Waals surface area contributed by atoms with Crippen LogP contribution >= 0.6 is 0 Å². The Hall–Kier alpha value is -2.36. The first-order chi connectivity index (χ1) is 10.2. The minimum atomic E-state index is -0.364. The van der Waals surface area contributed by atoms with E-state index in [1.807, 2.05) is 30.3 Å². The van der Waals surface area contributed by atoms with Gasteiger partial charge in [-0.05, 0) is 30.5 Å². The molecule has 0 aliphatic rings. The number of non-ortho nitro benzene ring substituents is 1. The van der Waals surface area contributed by atoms with Gasteiger partial charge in [0, 0.05) is 30.9 Å². The highest BCUT2D eigenvalue weighted by molar-refractivity contribution is 5.46. The lowest BCUT2D eigenvalue weighted by Gasteiger charge is -2.24. The van der Waals surface area contributed by atoms with Crippen molar-refractivity contribution in [2.24, 2.45) is 0 Å². The van der Waals surface area contributed by atoms with Crippen LogP contribution in [-0.4, -0.2) is 18.0 Å². The van der Waals surface area contributed by atoms with Gasteiger partial charge in [0.2, 0.25) is 0 Å². The van der Waals surface area contributed by atoms with Gasteiger partial charge in [-0.1, -0.05) is 37.3 Å². The van der Waals surface area contributed by atoms with E-state index in [0.717, 1.165) is 31.5 Å². The molecule has 0 amide bonds. The molecule has 0 heterocycles. The number of rotatable bonds is 7. The second kappa shape index (κ2) is 7.43. The van der Waals surface area contributed by atoms with Crippen molar-refractivity contribution in [1.82, 2.24) is 0 Å². The number of nitrogens with zero attached hydrogens (tertiary/aromatic N) is 2. The number of nitro benzene ring substituents is 1. The molecule has 110 valence electrons. The van der Waals surface area contributed by atoms with Crippen molar-refractivity contribution in [3.63, 3.8) is 0 Å². The SMILES string of the molecule is CCCN(CCc1ccc([N+](=O)[O-])cc1)c1ccccc1. The lowest BCUT2D eigenvalue weighted by molar-refractivity contribution is -0.384. The van der Waals surface area contributed by atoms with Crippen LogP contribution in [0.25, 0.3) is 0 Å². The molecular weight excluding hydrogens is 264 g/mol. The molecule has 0 fully saturated rings. The summed E-state index contributed by atoms with van der Waals surface area (Å²) in [5, 5.41) is 10.6. The third-order valence-electron chi connectivity index (χ3n) is 3.43. The fourth-order valence-corrected chi connectivity index (χ4v) is 2.33. The molecule has 0 bridgehead atoms. The highest BCUT2D eigenvalue weighted by Gasteiger charge is 2.07. The first kappa shape index (κ1) is 15.0. The smallest absolute Gasteiger partial charge is 0.269 e. The zero-order chi connectivity index (χ0) is 15.1. The van der Waals surface area contributed by atoms with Gasteiger partial charge in [0.15, 0.2) is 0 Å². The van der Waals surface area contributed by atoms with E-state index in [2.05, 4.69) is 24.0 Å². The molecule has 21 heavy (non-hydrogen) atoms. The third-order valence-corrected chi connectivity index (χ3v) is 3.43. The maximum Gasteiger partial charge on any atom is 0.269 e. The number of hydrogen-bond donors (Lipinski definition) is 0. The van der Waals surface area contributed by atoms with Gasteiger partial charge in [0.1, 0.15) is 0 Å². The second-order valence-corrected chi connectivity index (χ2v) is 5.00. The molecule has 0 aliphatic heterocycles. The number of nitro groups is 1. The third kappa shape index (κ3) is 4.31. The van der Waals surface area contributed by atoms with Crippen LogP contribution in [0.4, 0.5) is 11.4 Å². The average molecular weight is 284 g/mol. The summed E-state index contributed by atoms with van der Waals surface area (Å²) in [5.41, 5.74) is 2.49. The number of benzene rings is 2. The minimum Gasteiger partial charge on any atom is -0.371 e. The van der Waals surface area contributed by atoms with Crippen LogP contribution in [0.2, 0.25) is 0 Å². The Balaban J connectivity index is 2.00. The molecule has 0 N–H and O–H groups in total. The van der Waals surface area contributed by atoms with Crippen LogP contribution in [-0.2, 0) is 6.42 Å². The van der Waals surface area contributed by atoms with Crippen molar-refractivity contribution in [2.45, 2.75) is 19.8 Å². The second-order valence-electron chi connectivity index (χ2n) is 5.00. The van der Waals surface area contributed by atoms with Gasteiger partial charge >= 0.3 is 0 Å². The van der Waals surface area contributed by atoms with Gasteiger partial charge in [-0.25, -0.2) is 0 Å². The van der Waals surface area contributed by atoms with Crippen LogP contribution in [0.5, 0.6) is 0 Å². The van der Waals surface area contributed by atoms with E-state index in [1.165, 1.54) is 5.69 Å². The van der Waals surface area contributed by atoms with Crippen LogP contribution < -0.4 is 4.90 Å². The molecule has 0 saturated heterocycles. The molecule has 4 heteroatoms. The first-order valence-corrected chi connectivity index (χ1v) is 7.24. The Labute approximate surface area is 125 Å². The highest BCUT2D eigenvalue weighted by Crippen LogP contribution is 2.16. The minimum absolute atomic E-state index is 0.146. The summed E-state index contributed by atoms with van der Waals surface area (Å²) in [5.74, 6) is 0. The van der Waals surface area contributed by atoms with E-state index in [1.54, 1.807) is 12.1 Å². The van der Waals surface area contributed by atoms with Crippen molar-refractivity contribution >= 4 is 11.4 Å². The molecule has 0 unspecified atom stereocenters. The van der Waals surface area contributed by atoms with Gasteiger partial charge in [-0.3, -0.25) is 10.1 Å². The molecule has 0 atom stereocenters. The summed E-state index contributed by atoms with van der Waals surface area (Å²) in [6.07, 6.45) is 1.97. The van der Waals surface area contributed by atoms with Gasteiger partial charge < -0.3 is 4.90 Å². The van der Waals surface area contributed by atoms with E-state index in [4.69, 9.17) is 0 Å². The maximum atomic E-state index is 10.6. The molecule has 0 radical (unpaired) electrons. The van der Waals surface area contributed by atoms with E-state index in [-0.39, 0.29) is 10.6 Å². The zero-order valence-electron chi connectivity index (χ0n) is 12.2. The Morgan fingerprint density at radius 3 is 2.24 bits per heavy atom. The van der Waals surface area contributed by atoms with E-state index in [0.29, 0.717) is 0 Å². The zero-order valence-corrected chi connectivity index (χ0v) is 12.2. The Kier molecular flexibility index (Phi) is 5.32. The molecule has 0 spiro atoms. The summed E-state index contributed by atoms with van der Waals surface area (Å²) in [7, 11) is 0. The fraction of sp³-hybridized carbons (Fsp3) is 0.294. The lowest BCUT2D eigenvalue weighted by Crippen LogP contribution is -2.26. The van der Waals surface area contributed by atoms with Gasteiger partial charge in [-0.2, -0.15) is 0 Å². The highest BCUT2D eigenvalue weighted by atomic mass is 16.6.